The predicted molar refractivity (Wildman–Crippen MR) is 243 cm³/mol. The van der Waals surface area contributed by atoms with Gasteiger partial charge in [0.05, 0.1) is 36.4 Å². The lowest BCUT2D eigenvalue weighted by Crippen LogP contribution is -2.39. The van der Waals surface area contributed by atoms with E-state index >= 15 is 0 Å². The van der Waals surface area contributed by atoms with Gasteiger partial charge in [-0.05, 0) is 87.4 Å². The highest BCUT2D eigenvalue weighted by molar-refractivity contribution is 7.66. The first kappa shape index (κ1) is 48.9. The number of phosphoric ester groups is 1. The van der Waals surface area contributed by atoms with Crippen LogP contribution in [0.5, 0.6) is 11.5 Å². The lowest BCUT2D eigenvalue weighted by atomic mass is 9.85. The number of fused-ring (bicyclic) bond motifs is 4. The molecule has 5 heterocycles. The van der Waals surface area contributed by atoms with Gasteiger partial charge in [0, 0.05) is 64.9 Å². The van der Waals surface area contributed by atoms with E-state index in [-0.39, 0.29) is 41.9 Å². The monoisotopic (exact) mass is 997 g/mol. The number of carboxylic acids is 1. The first-order valence-electron chi connectivity index (χ1n) is 21.6. The second-order valence-electron chi connectivity index (χ2n) is 16.3. The molecule has 22 nitrogen and oxygen atoms in total. The molecule has 2 unspecified atom stereocenters. The number of anilines is 2. The van der Waals surface area contributed by atoms with E-state index in [1.807, 2.05) is 12.1 Å². The first-order valence-corrected chi connectivity index (χ1v) is 26.1. The molecule has 360 valence electrons. The summed E-state index contributed by atoms with van der Waals surface area (Å²) in [5.41, 5.74) is 10.5. The number of nitrogens with zero attached hydrogens (tertiary/aromatic N) is 4. The number of benzene rings is 3. The SMILES string of the molecule is CCN1CCCc2cc3c(cc21)Oc1cc2c(cc1=C3c1cc(C(=O)NCC#Cc3cn([C@H]4CC[C@@H](COP(=O)(O)OP(=O)(O)OP(=O)(O)O)O4)c(=O)nc3N)ccc1C(=O)O)CCC[N+]=2CC. The summed E-state index contributed by atoms with van der Waals surface area (Å²) in [4.78, 5) is 82.3. The number of nitrogen functional groups attached to an aromatic ring is 1. The maximum Gasteiger partial charge on any atom is 0.490 e. The molecule has 8 rings (SSSR count). The van der Waals surface area contributed by atoms with Crippen LogP contribution in [0.2, 0.25) is 0 Å². The number of hydrogen-bond donors (Lipinski definition) is 7. The van der Waals surface area contributed by atoms with Crippen molar-refractivity contribution in [3.8, 4) is 23.3 Å². The number of nitrogens with two attached hydrogens (primary N) is 1. The summed E-state index contributed by atoms with van der Waals surface area (Å²) in [6.45, 7) is 6.76. The minimum Gasteiger partial charge on any atom is -0.478 e. The Morgan fingerprint density at radius 1 is 0.971 bits per heavy atom. The van der Waals surface area contributed by atoms with Crippen molar-refractivity contribution in [2.45, 2.75) is 64.7 Å². The predicted octanol–water partition coefficient (Wildman–Crippen LogP) is 2.91. The summed E-state index contributed by atoms with van der Waals surface area (Å²) in [6.07, 6.45) is 3.23. The number of carbonyl (C=O) groups excluding carboxylic acids is 1. The molecular weight excluding hydrogens is 949 g/mol. The summed E-state index contributed by atoms with van der Waals surface area (Å²) in [7, 11) is -16.7. The molecule has 3 aromatic carbocycles. The minimum atomic E-state index is -5.72. The van der Waals surface area contributed by atoms with Crippen molar-refractivity contribution in [2.24, 2.45) is 0 Å². The van der Waals surface area contributed by atoms with Gasteiger partial charge in [-0.3, -0.25) is 13.9 Å². The fraction of sp³-hybridized carbons (Fsp3) is 0.372. The Hall–Kier alpha value is -5.52. The van der Waals surface area contributed by atoms with E-state index in [4.69, 9.17) is 25.0 Å². The standard InChI is InChI=1S/C43H47N6O16P3/c1-3-47-16-6-9-25-18-32-36(21-34(25)47)63-37-22-35-26(10-7-17-48(35)4-2)19-33(37)39(32)31-20-27(11-13-30(31)42(51)52)41(50)45-15-5-8-28-23-49(43(53)46-40(28)44)38-14-12-29(62-38)24-61-67(57,58)65-68(59,60)64-66(54,55)56/h11,13,18-23,29,38H,3-4,6-7,9-10,12,14-17,24H2,1-2H3,(H7-,44,45,46,50,51,52,53,54,55,56,57,58,59,60)/p+1/t29-,38+/m0/s1. The van der Waals surface area contributed by atoms with Gasteiger partial charge in [0.2, 0.25) is 5.36 Å². The van der Waals surface area contributed by atoms with Gasteiger partial charge in [-0.25, -0.2) is 27.9 Å². The van der Waals surface area contributed by atoms with Crippen LogP contribution in [0.4, 0.5) is 11.5 Å². The quantitative estimate of drug-likeness (QED) is 0.0478. The van der Waals surface area contributed by atoms with Crippen LogP contribution in [-0.4, -0.2) is 91.5 Å². The molecule has 0 saturated carbocycles. The van der Waals surface area contributed by atoms with E-state index in [0.29, 0.717) is 22.6 Å². The zero-order chi connectivity index (χ0) is 48.7. The van der Waals surface area contributed by atoms with Gasteiger partial charge in [0.25, 0.3) is 5.91 Å². The van der Waals surface area contributed by atoms with E-state index < -0.39 is 60.0 Å². The Bertz CT molecular complexity index is 3150. The smallest absolute Gasteiger partial charge is 0.478 e. The third-order valence-corrected chi connectivity index (χ3v) is 15.7. The van der Waals surface area contributed by atoms with E-state index in [0.717, 1.165) is 89.4 Å². The highest BCUT2D eigenvalue weighted by atomic mass is 31.3. The molecule has 1 fully saturated rings. The Kier molecular flexibility index (Phi) is 14.0. The summed E-state index contributed by atoms with van der Waals surface area (Å²) in [5.74, 6) is 4.83. The summed E-state index contributed by atoms with van der Waals surface area (Å²) in [6, 6.07) is 12.7. The maximum absolute atomic E-state index is 13.8. The molecule has 25 heteroatoms. The Labute approximate surface area is 388 Å². The number of aromatic carboxylic acids is 1. The molecule has 4 aliphatic heterocycles. The van der Waals surface area contributed by atoms with Gasteiger partial charge in [-0.2, -0.15) is 13.6 Å². The van der Waals surface area contributed by atoms with Crippen LogP contribution >= 0.6 is 23.5 Å². The van der Waals surface area contributed by atoms with Gasteiger partial charge in [-0.1, -0.05) is 11.8 Å². The summed E-state index contributed by atoms with van der Waals surface area (Å²) in [5, 5.41) is 15.1. The first-order chi connectivity index (χ1) is 32.2. The largest absolute Gasteiger partial charge is 0.490 e. The molecule has 0 aliphatic carbocycles. The highest BCUT2D eigenvalue weighted by Gasteiger charge is 2.42. The minimum absolute atomic E-state index is 0.00548. The highest BCUT2D eigenvalue weighted by Crippen LogP contribution is 2.66. The number of amides is 1. The van der Waals surface area contributed by atoms with Gasteiger partial charge in [0.1, 0.15) is 36.6 Å². The molecule has 1 aromatic heterocycles. The molecule has 68 heavy (non-hydrogen) atoms. The molecule has 0 spiro atoms. The van der Waals surface area contributed by atoms with Crippen molar-refractivity contribution in [1.82, 2.24) is 19.4 Å². The average Bonchev–Trinajstić information content (AvgIpc) is 3.75. The van der Waals surface area contributed by atoms with Crippen LogP contribution in [0.1, 0.15) is 94.3 Å². The zero-order valence-electron chi connectivity index (χ0n) is 36.7. The molecular formula is C43H48N6O16P3+. The molecule has 4 aromatic rings. The number of nitrogens with one attached hydrogen (secondary N) is 1. The average molecular weight is 998 g/mol. The number of aryl methyl sites for hydroxylation is 2. The number of carboxylic acid groups (broad SMARTS) is 1. The molecule has 8 N–H and O–H groups in total. The summed E-state index contributed by atoms with van der Waals surface area (Å²) >= 11 is 0. The number of hydrogen-bond acceptors (Lipinski definition) is 14. The van der Waals surface area contributed by atoms with Crippen molar-refractivity contribution in [3.05, 3.63) is 109 Å². The molecule has 4 atom stereocenters. The molecule has 0 bridgehead atoms. The molecule has 1 amide bonds. The van der Waals surface area contributed by atoms with Crippen molar-refractivity contribution in [1.29, 1.82) is 0 Å². The van der Waals surface area contributed by atoms with Crippen LogP contribution in [0.25, 0.3) is 5.57 Å². The van der Waals surface area contributed by atoms with Crippen molar-refractivity contribution < 1.29 is 70.6 Å². The van der Waals surface area contributed by atoms with Gasteiger partial charge >= 0.3 is 35.1 Å². The van der Waals surface area contributed by atoms with Gasteiger partial charge in [0.15, 0.2) is 0 Å². The molecule has 1 saturated heterocycles. The number of rotatable bonds is 14. The fourth-order valence-corrected chi connectivity index (χ4v) is 11.9. The van der Waals surface area contributed by atoms with Crippen molar-refractivity contribution >= 4 is 52.4 Å². The van der Waals surface area contributed by atoms with Gasteiger partial charge in [-0.15, -0.1) is 0 Å². The summed E-state index contributed by atoms with van der Waals surface area (Å²) < 4.78 is 62.6. The second kappa shape index (κ2) is 19.5. The van der Waals surface area contributed by atoms with Crippen molar-refractivity contribution in [2.75, 3.05) is 50.0 Å². The topological polar surface area (TPSA) is 312 Å². The maximum atomic E-state index is 13.8. The lowest BCUT2D eigenvalue weighted by molar-refractivity contribution is -0.0242. The third kappa shape index (κ3) is 10.7. The number of carbonyl (C=O) groups is 2. The normalized spacial score (nSPS) is 19.2. The molecule has 4 aliphatic rings. The number of phosphoric acid groups is 3. The lowest BCUT2D eigenvalue weighted by Gasteiger charge is -2.32. The van der Waals surface area contributed by atoms with Gasteiger partial charge < -0.3 is 50.1 Å². The van der Waals surface area contributed by atoms with Crippen LogP contribution in [0.3, 0.4) is 0 Å². The van der Waals surface area contributed by atoms with Crippen LogP contribution in [0, 0.1) is 11.8 Å². The van der Waals surface area contributed by atoms with Crippen LogP contribution < -0.4 is 41.5 Å². The second-order valence-corrected chi connectivity index (χ2v) is 20.7. The molecule has 0 radical (unpaired) electrons. The number of aromatic nitrogens is 2. The number of ether oxygens (including phenoxy) is 2. The van der Waals surface area contributed by atoms with E-state index in [9.17, 15) is 43.0 Å². The van der Waals surface area contributed by atoms with E-state index in [1.165, 1.54) is 18.3 Å². The zero-order valence-corrected chi connectivity index (χ0v) is 39.4. The van der Waals surface area contributed by atoms with Crippen LogP contribution in [0.15, 0.2) is 53.5 Å². The third-order valence-electron chi connectivity index (χ3n) is 11.9. The Morgan fingerprint density at radius 3 is 2.49 bits per heavy atom. The van der Waals surface area contributed by atoms with E-state index in [2.05, 4.69) is 70.7 Å². The fourth-order valence-electron chi connectivity index (χ4n) is 8.87. The van der Waals surface area contributed by atoms with E-state index in [1.54, 1.807) is 6.07 Å². The van der Waals surface area contributed by atoms with Crippen molar-refractivity contribution in [3.63, 3.8) is 0 Å². The Balaban J connectivity index is 1.03. The Morgan fingerprint density at radius 2 is 1.75 bits per heavy atom. The van der Waals surface area contributed by atoms with Crippen LogP contribution in [-0.2, 0) is 44.4 Å².